The molecular weight excluding hydrogens is 350 g/mol. The number of amides is 2. The van der Waals surface area contributed by atoms with E-state index >= 15 is 0 Å². The molecule has 2 saturated heterocycles. The summed E-state index contributed by atoms with van der Waals surface area (Å²) in [4.78, 5) is 40.7. The molecule has 0 radical (unpaired) electrons. The third kappa shape index (κ3) is 3.29. The molecule has 2 amide bonds. The molecule has 8 heteroatoms. The van der Waals surface area contributed by atoms with Crippen LogP contribution in [-0.2, 0) is 4.79 Å². The first-order valence-corrected chi connectivity index (χ1v) is 9.77. The van der Waals surface area contributed by atoms with Crippen molar-refractivity contribution in [1.82, 2.24) is 19.8 Å². The van der Waals surface area contributed by atoms with E-state index in [0.717, 1.165) is 12.8 Å². The second-order valence-corrected chi connectivity index (χ2v) is 7.44. The molecule has 2 aliphatic heterocycles. The number of rotatable bonds is 3. The van der Waals surface area contributed by atoms with Crippen molar-refractivity contribution in [1.29, 1.82) is 0 Å². The molecule has 7 nitrogen and oxygen atoms in total. The van der Waals surface area contributed by atoms with E-state index in [1.807, 2.05) is 22.4 Å². The van der Waals surface area contributed by atoms with E-state index in [-0.39, 0.29) is 17.9 Å². The van der Waals surface area contributed by atoms with Crippen LogP contribution in [0.3, 0.4) is 0 Å². The number of piperazine rings is 1. The molecular formula is C18H21N5O2S. The van der Waals surface area contributed by atoms with Crippen molar-refractivity contribution in [3.8, 4) is 0 Å². The molecule has 0 spiro atoms. The van der Waals surface area contributed by atoms with Crippen LogP contribution in [0.2, 0.25) is 0 Å². The molecule has 4 heterocycles. The molecule has 0 aromatic carbocycles. The molecule has 0 bridgehead atoms. The second-order valence-electron chi connectivity index (χ2n) is 6.49. The van der Waals surface area contributed by atoms with Crippen LogP contribution >= 0.6 is 11.3 Å². The van der Waals surface area contributed by atoms with Crippen molar-refractivity contribution in [3.05, 3.63) is 40.8 Å². The number of carbonyl (C=O) groups is 2. The van der Waals surface area contributed by atoms with Crippen LogP contribution in [0.4, 0.5) is 5.95 Å². The van der Waals surface area contributed by atoms with Crippen LogP contribution in [0.1, 0.15) is 22.5 Å². The van der Waals surface area contributed by atoms with Gasteiger partial charge in [0.2, 0.25) is 11.9 Å². The Morgan fingerprint density at radius 1 is 1.04 bits per heavy atom. The topological polar surface area (TPSA) is 69.6 Å². The lowest BCUT2D eigenvalue weighted by molar-refractivity contribution is -0.135. The summed E-state index contributed by atoms with van der Waals surface area (Å²) in [5.74, 6) is 0.753. The van der Waals surface area contributed by atoms with Crippen LogP contribution < -0.4 is 4.90 Å². The fourth-order valence-corrected chi connectivity index (χ4v) is 4.28. The van der Waals surface area contributed by atoms with Gasteiger partial charge in [0.15, 0.2) is 0 Å². The molecule has 0 unspecified atom stereocenters. The number of nitrogens with zero attached hydrogens (tertiary/aromatic N) is 5. The molecule has 4 rings (SSSR count). The summed E-state index contributed by atoms with van der Waals surface area (Å²) in [5.41, 5.74) is 0. The van der Waals surface area contributed by atoms with E-state index in [9.17, 15) is 9.59 Å². The van der Waals surface area contributed by atoms with Gasteiger partial charge in [-0.05, 0) is 30.4 Å². The zero-order valence-corrected chi connectivity index (χ0v) is 15.3. The predicted octanol–water partition coefficient (Wildman–Crippen LogP) is 1.49. The highest BCUT2D eigenvalue weighted by Crippen LogP contribution is 2.24. The minimum atomic E-state index is -0.330. The fourth-order valence-electron chi connectivity index (χ4n) is 3.60. The summed E-state index contributed by atoms with van der Waals surface area (Å²) >= 11 is 1.43. The first kappa shape index (κ1) is 17.0. The van der Waals surface area contributed by atoms with Gasteiger partial charge in [-0.3, -0.25) is 9.59 Å². The van der Waals surface area contributed by atoms with Gasteiger partial charge in [0.1, 0.15) is 6.04 Å². The third-order valence-corrected chi connectivity index (χ3v) is 5.81. The summed E-state index contributed by atoms with van der Waals surface area (Å²) < 4.78 is 0. The summed E-state index contributed by atoms with van der Waals surface area (Å²) in [6.07, 6.45) is 5.09. The highest BCUT2D eigenvalue weighted by atomic mass is 32.1. The lowest BCUT2D eigenvalue weighted by Gasteiger charge is -2.37. The quantitative estimate of drug-likeness (QED) is 0.818. The normalized spacial score (nSPS) is 20.5. The van der Waals surface area contributed by atoms with E-state index in [2.05, 4.69) is 14.9 Å². The highest BCUT2D eigenvalue weighted by Gasteiger charge is 2.38. The van der Waals surface area contributed by atoms with Gasteiger partial charge in [-0.2, -0.15) is 0 Å². The smallest absolute Gasteiger partial charge is 0.264 e. The number of thiophene rings is 1. The van der Waals surface area contributed by atoms with Crippen LogP contribution in [0.5, 0.6) is 0 Å². The Bertz CT molecular complexity index is 759. The molecule has 2 aliphatic rings. The van der Waals surface area contributed by atoms with Crippen molar-refractivity contribution in [2.75, 3.05) is 37.6 Å². The molecule has 0 aliphatic carbocycles. The number of carbonyl (C=O) groups excluding carboxylic acids is 2. The number of hydrogen-bond acceptors (Lipinski definition) is 6. The van der Waals surface area contributed by atoms with Crippen molar-refractivity contribution in [3.63, 3.8) is 0 Å². The Kier molecular flexibility index (Phi) is 4.83. The molecule has 2 aromatic heterocycles. The standard InChI is InChI=1S/C18H21N5O2S/c24-16(14-4-1-8-23(14)17(25)15-5-2-13-26-15)21-9-11-22(12-10-21)18-19-6-3-7-20-18/h2-3,5-7,13-14H,1,4,8-12H2/t14-/m0/s1. The van der Waals surface area contributed by atoms with Gasteiger partial charge in [0.05, 0.1) is 4.88 Å². The SMILES string of the molecule is O=C([C@@H]1CCCN1C(=O)c1cccs1)N1CCN(c2ncccn2)CC1. The lowest BCUT2D eigenvalue weighted by Crippen LogP contribution is -2.54. The number of likely N-dealkylation sites (tertiary alicyclic amines) is 1. The first-order valence-electron chi connectivity index (χ1n) is 8.89. The lowest BCUT2D eigenvalue weighted by atomic mass is 10.1. The van der Waals surface area contributed by atoms with E-state index in [0.29, 0.717) is 43.5 Å². The monoisotopic (exact) mass is 371 g/mol. The second kappa shape index (κ2) is 7.41. The van der Waals surface area contributed by atoms with Crippen LogP contribution in [0.25, 0.3) is 0 Å². The van der Waals surface area contributed by atoms with Crippen LogP contribution in [0, 0.1) is 0 Å². The average molecular weight is 371 g/mol. The van der Waals surface area contributed by atoms with Gasteiger partial charge in [0, 0.05) is 45.1 Å². The zero-order chi connectivity index (χ0) is 17.9. The number of aromatic nitrogens is 2. The van der Waals surface area contributed by atoms with Crippen LogP contribution in [0.15, 0.2) is 36.0 Å². The number of anilines is 1. The van der Waals surface area contributed by atoms with Gasteiger partial charge in [-0.25, -0.2) is 9.97 Å². The Labute approximate surface area is 156 Å². The Hall–Kier alpha value is -2.48. The minimum absolute atomic E-state index is 0.0211. The van der Waals surface area contributed by atoms with Crippen molar-refractivity contribution in [2.24, 2.45) is 0 Å². The maximum atomic E-state index is 13.0. The Morgan fingerprint density at radius 3 is 2.50 bits per heavy atom. The van der Waals surface area contributed by atoms with Gasteiger partial charge in [0.25, 0.3) is 5.91 Å². The number of hydrogen-bond donors (Lipinski definition) is 0. The molecule has 0 saturated carbocycles. The van der Waals surface area contributed by atoms with Crippen LogP contribution in [-0.4, -0.2) is 70.3 Å². The summed E-state index contributed by atoms with van der Waals surface area (Å²) in [7, 11) is 0. The average Bonchev–Trinajstić information content (AvgIpc) is 3.40. The first-order chi connectivity index (χ1) is 12.7. The predicted molar refractivity (Wildman–Crippen MR) is 99.2 cm³/mol. The minimum Gasteiger partial charge on any atom is -0.337 e. The fraction of sp³-hybridized carbons (Fsp3) is 0.444. The summed E-state index contributed by atoms with van der Waals surface area (Å²) in [6.45, 7) is 3.34. The maximum Gasteiger partial charge on any atom is 0.264 e. The summed E-state index contributed by atoms with van der Waals surface area (Å²) in [6, 6.07) is 5.16. The molecule has 26 heavy (non-hydrogen) atoms. The van der Waals surface area contributed by atoms with E-state index < -0.39 is 0 Å². The summed E-state index contributed by atoms with van der Waals surface area (Å²) in [5, 5.41) is 1.89. The van der Waals surface area contributed by atoms with Crippen molar-refractivity contribution >= 4 is 29.1 Å². The van der Waals surface area contributed by atoms with Crippen molar-refractivity contribution < 1.29 is 9.59 Å². The largest absolute Gasteiger partial charge is 0.337 e. The molecule has 1 atom stereocenters. The van der Waals surface area contributed by atoms with E-state index in [1.54, 1.807) is 23.4 Å². The van der Waals surface area contributed by atoms with E-state index in [4.69, 9.17) is 0 Å². The molecule has 0 N–H and O–H groups in total. The molecule has 136 valence electrons. The van der Waals surface area contributed by atoms with E-state index in [1.165, 1.54) is 11.3 Å². The van der Waals surface area contributed by atoms with Gasteiger partial charge >= 0.3 is 0 Å². The molecule has 2 fully saturated rings. The molecule has 2 aromatic rings. The zero-order valence-electron chi connectivity index (χ0n) is 14.5. The Morgan fingerprint density at radius 2 is 1.81 bits per heavy atom. The van der Waals surface area contributed by atoms with Gasteiger partial charge < -0.3 is 14.7 Å². The van der Waals surface area contributed by atoms with Crippen molar-refractivity contribution in [2.45, 2.75) is 18.9 Å². The highest BCUT2D eigenvalue weighted by molar-refractivity contribution is 7.12. The third-order valence-electron chi connectivity index (χ3n) is 4.96. The Balaban J connectivity index is 1.39. The van der Waals surface area contributed by atoms with Gasteiger partial charge in [-0.15, -0.1) is 11.3 Å². The van der Waals surface area contributed by atoms with Gasteiger partial charge in [-0.1, -0.05) is 6.07 Å². The maximum absolute atomic E-state index is 13.0.